The first-order valence-electron chi connectivity index (χ1n) is 11.0. The maximum absolute atomic E-state index is 12.3. The summed E-state index contributed by atoms with van der Waals surface area (Å²) >= 11 is 0. The van der Waals surface area contributed by atoms with Crippen LogP contribution < -0.4 is 21.4 Å². The molecule has 2 aromatic carbocycles. The van der Waals surface area contributed by atoms with E-state index in [0.717, 1.165) is 5.56 Å². The summed E-state index contributed by atoms with van der Waals surface area (Å²) in [5, 5.41) is 26.4. The molecule has 0 aliphatic rings. The number of anilines is 1. The molecule has 36 heavy (non-hydrogen) atoms. The molecule has 6 N–H and O–H groups in total. The first-order valence-corrected chi connectivity index (χ1v) is 11.0. The van der Waals surface area contributed by atoms with Crippen LogP contribution in [-0.2, 0) is 14.3 Å². The van der Waals surface area contributed by atoms with Gasteiger partial charge in [0, 0.05) is 36.0 Å². The zero-order valence-electron chi connectivity index (χ0n) is 19.9. The van der Waals surface area contributed by atoms with Crippen LogP contribution in [0.3, 0.4) is 0 Å². The van der Waals surface area contributed by atoms with Crippen molar-refractivity contribution in [1.82, 2.24) is 16.1 Å². The summed E-state index contributed by atoms with van der Waals surface area (Å²) in [4.78, 5) is 35.7. The molecule has 0 saturated carbocycles. The Morgan fingerprint density at radius 3 is 2.08 bits per heavy atom. The molecule has 10 heteroatoms. The summed E-state index contributed by atoms with van der Waals surface area (Å²) in [6.07, 6.45) is -1.20. The van der Waals surface area contributed by atoms with Crippen LogP contribution in [0.1, 0.15) is 28.4 Å². The van der Waals surface area contributed by atoms with Crippen LogP contribution in [0.25, 0.3) is 0 Å². The van der Waals surface area contributed by atoms with Crippen molar-refractivity contribution in [3.8, 4) is 23.7 Å². The van der Waals surface area contributed by atoms with Gasteiger partial charge in [-0.25, -0.2) is 5.48 Å². The van der Waals surface area contributed by atoms with E-state index in [-0.39, 0.29) is 18.0 Å². The van der Waals surface area contributed by atoms with Gasteiger partial charge in [0.1, 0.15) is 6.04 Å². The van der Waals surface area contributed by atoms with E-state index >= 15 is 0 Å². The van der Waals surface area contributed by atoms with Crippen LogP contribution >= 0.6 is 0 Å². The molecule has 0 radical (unpaired) electrons. The number of benzene rings is 2. The fourth-order valence-corrected chi connectivity index (χ4v) is 2.83. The number of hydrogen-bond donors (Lipinski definition) is 6. The largest absolute Gasteiger partial charge is 0.391 e. The maximum Gasteiger partial charge on any atom is 0.268 e. The minimum Gasteiger partial charge on any atom is -0.391 e. The maximum atomic E-state index is 12.3. The van der Waals surface area contributed by atoms with Gasteiger partial charge in [-0.2, -0.15) is 0 Å². The van der Waals surface area contributed by atoms with Crippen molar-refractivity contribution < 1.29 is 29.4 Å². The first-order chi connectivity index (χ1) is 17.3. The lowest BCUT2D eigenvalue weighted by molar-refractivity contribution is -0.133. The molecule has 2 rings (SSSR count). The lowest BCUT2D eigenvalue weighted by atomic mass is 10.1. The molecule has 2 unspecified atom stereocenters. The SMILES string of the molecule is COCCNCC(=O)Nc1ccc(C#CC#Cc2ccc(C(=O)NC(C(=O)NO)C(C)O)cc2)cc1. The van der Waals surface area contributed by atoms with E-state index in [9.17, 15) is 19.5 Å². The Kier molecular flexibility index (Phi) is 11.6. The zero-order valence-corrected chi connectivity index (χ0v) is 19.9. The van der Waals surface area contributed by atoms with Gasteiger partial charge in [0.25, 0.3) is 11.8 Å². The average molecular weight is 493 g/mol. The normalized spacial score (nSPS) is 11.6. The van der Waals surface area contributed by atoms with Crippen molar-refractivity contribution >= 4 is 23.4 Å². The fraction of sp³-hybridized carbons (Fsp3) is 0.269. The topological polar surface area (TPSA) is 149 Å². The number of ether oxygens (including phenoxy) is 1. The highest BCUT2D eigenvalue weighted by Gasteiger charge is 2.25. The Balaban J connectivity index is 1.90. The van der Waals surface area contributed by atoms with E-state index in [4.69, 9.17) is 9.94 Å². The molecule has 0 aliphatic heterocycles. The summed E-state index contributed by atoms with van der Waals surface area (Å²) < 4.78 is 4.91. The molecule has 0 spiro atoms. The fourth-order valence-electron chi connectivity index (χ4n) is 2.83. The molecule has 2 aromatic rings. The van der Waals surface area contributed by atoms with E-state index in [1.54, 1.807) is 43.5 Å². The molecule has 2 atom stereocenters. The molecule has 188 valence electrons. The Labute approximate surface area is 209 Å². The number of amides is 3. The van der Waals surface area contributed by atoms with Crippen molar-refractivity contribution in [3.63, 3.8) is 0 Å². The van der Waals surface area contributed by atoms with Crippen LogP contribution in [0.15, 0.2) is 48.5 Å². The van der Waals surface area contributed by atoms with Gasteiger partial charge in [0.05, 0.1) is 19.3 Å². The summed E-state index contributed by atoms with van der Waals surface area (Å²) in [5.74, 6) is 9.59. The molecule has 3 amide bonds. The molecular formula is C26H28N4O6. The third-order valence-corrected chi connectivity index (χ3v) is 4.72. The van der Waals surface area contributed by atoms with Gasteiger partial charge >= 0.3 is 0 Å². The van der Waals surface area contributed by atoms with E-state index < -0.39 is 24.0 Å². The van der Waals surface area contributed by atoms with E-state index in [1.165, 1.54) is 24.5 Å². The number of carbonyl (C=O) groups excluding carboxylic acids is 3. The lowest BCUT2D eigenvalue weighted by Crippen LogP contribution is -2.51. The highest BCUT2D eigenvalue weighted by Crippen LogP contribution is 2.08. The molecule has 0 bridgehead atoms. The zero-order chi connectivity index (χ0) is 26.3. The number of aliphatic hydroxyl groups excluding tert-OH is 1. The Hall–Kier alpha value is -4.19. The van der Waals surface area contributed by atoms with Crippen molar-refractivity contribution in [1.29, 1.82) is 0 Å². The van der Waals surface area contributed by atoms with Gasteiger partial charge in [-0.05, 0) is 67.3 Å². The van der Waals surface area contributed by atoms with Crippen molar-refractivity contribution in [3.05, 3.63) is 65.2 Å². The quantitative estimate of drug-likeness (QED) is 0.121. The number of rotatable bonds is 10. The number of aliphatic hydroxyl groups is 1. The summed E-state index contributed by atoms with van der Waals surface area (Å²) in [7, 11) is 1.60. The smallest absolute Gasteiger partial charge is 0.268 e. The van der Waals surface area contributed by atoms with Crippen LogP contribution in [0.4, 0.5) is 5.69 Å². The van der Waals surface area contributed by atoms with E-state index in [1.807, 2.05) is 0 Å². The number of methoxy groups -OCH3 is 1. The number of nitrogens with one attached hydrogen (secondary N) is 4. The highest BCUT2D eigenvalue weighted by atomic mass is 16.5. The second-order valence-electron chi connectivity index (χ2n) is 7.54. The molecule has 0 fully saturated rings. The Morgan fingerprint density at radius 1 is 0.972 bits per heavy atom. The third kappa shape index (κ3) is 9.58. The third-order valence-electron chi connectivity index (χ3n) is 4.72. The van der Waals surface area contributed by atoms with Gasteiger partial charge in [-0.1, -0.05) is 11.8 Å². The van der Waals surface area contributed by atoms with Gasteiger partial charge in [0.15, 0.2) is 0 Å². The summed E-state index contributed by atoms with van der Waals surface area (Å²) in [6, 6.07) is 12.0. The van der Waals surface area contributed by atoms with Crippen LogP contribution in [-0.4, -0.2) is 67.0 Å². The molecule has 10 nitrogen and oxygen atoms in total. The summed E-state index contributed by atoms with van der Waals surface area (Å²) in [6.45, 7) is 2.63. The first kappa shape index (κ1) is 28.1. The van der Waals surface area contributed by atoms with Crippen LogP contribution in [0.5, 0.6) is 0 Å². The Bertz CT molecular complexity index is 1160. The minimum atomic E-state index is -1.30. The molecule has 0 aliphatic carbocycles. The Morgan fingerprint density at radius 2 is 1.56 bits per heavy atom. The lowest BCUT2D eigenvalue weighted by Gasteiger charge is -2.19. The van der Waals surface area contributed by atoms with Gasteiger partial charge in [0.2, 0.25) is 5.91 Å². The molecular weight excluding hydrogens is 464 g/mol. The van der Waals surface area contributed by atoms with Crippen LogP contribution in [0.2, 0.25) is 0 Å². The van der Waals surface area contributed by atoms with E-state index in [2.05, 4.69) is 39.6 Å². The minimum absolute atomic E-state index is 0.155. The second kappa shape index (κ2) is 14.9. The van der Waals surface area contributed by atoms with Gasteiger partial charge in [-0.3, -0.25) is 19.6 Å². The number of carbonyl (C=O) groups is 3. The average Bonchev–Trinajstić information content (AvgIpc) is 2.88. The molecule has 0 aromatic heterocycles. The monoisotopic (exact) mass is 492 g/mol. The van der Waals surface area contributed by atoms with E-state index in [0.29, 0.717) is 24.4 Å². The predicted molar refractivity (Wildman–Crippen MR) is 133 cm³/mol. The molecule has 0 saturated heterocycles. The second-order valence-corrected chi connectivity index (χ2v) is 7.54. The van der Waals surface area contributed by atoms with Crippen molar-refractivity contribution in [2.75, 3.05) is 32.1 Å². The number of hydrogen-bond acceptors (Lipinski definition) is 7. The van der Waals surface area contributed by atoms with Crippen molar-refractivity contribution in [2.24, 2.45) is 0 Å². The highest BCUT2D eigenvalue weighted by molar-refractivity contribution is 5.97. The van der Waals surface area contributed by atoms with Gasteiger partial charge in [-0.15, -0.1) is 0 Å². The van der Waals surface area contributed by atoms with Crippen molar-refractivity contribution in [2.45, 2.75) is 19.1 Å². The van der Waals surface area contributed by atoms with Crippen LogP contribution in [0, 0.1) is 23.7 Å². The standard InChI is InChI=1S/C26H28N4O6/c1-18(31)24(26(34)30-35)29-25(33)21-11-7-19(8-12-21)5-3-4-6-20-9-13-22(14-10-20)28-23(32)17-27-15-16-36-2/h7-14,18,24,27,31,35H,15-17H2,1-2H3,(H,28,32)(H,29,33)(H,30,34). The molecule has 0 heterocycles. The van der Waals surface area contributed by atoms with Gasteiger partial charge < -0.3 is 25.8 Å². The number of hydroxylamine groups is 1. The predicted octanol–water partition coefficient (Wildman–Crippen LogP) is 0.249. The summed E-state index contributed by atoms with van der Waals surface area (Å²) in [5.41, 5.74) is 3.67.